The third-order valence-electron chi connectivity index (χ3n) is 1.65. The van der Waals surface area contributed by atoms with Crippen molar-refractivity contribution in [2.24, 2.45) is 0 Å². The van der Waals surface area contributed by atoms with E-state index >= 15 is 0 Å². The van der Waals surface area contributed by atoms with Gasteiger partial charge in [-0.05, 0) is 0 Å². The Kier molecular flexibility index (Phi) is 4.46. The van der Waals surface area contributed by atoms with Crippen molar-refractivity contribution >= 4 is 23.4 Å². The molecule has 0 saturated heterocycles. The van der Waals surface area contributed by atoms with E-state index in [4.69, 9.17) is 11.6 Å². The smallest absolute Gasteiger partial charge is 0.265 e. The molecule has 2 amide bonds. The fraction of sp³-hybridized carbons (Fsp3) is 0.250. The molecule has 0 saturated carbocycles. The van der Waals surface area contributed by atoms with Crippen molar-refractivity contribution in [2.75, 3.05) is 5.88 Å². The molecule has 0 unspecified atom stereocenters. The van der Waals surface area contributed by atoms with Crippen LogP contribution in [-0.4, -0.2) is 27.5 Å². The van der Waals surface area contributed by atoms with Crippen LogP contribution >= 0.6 is 11.6 Å². The van der Waals surface area contributed by atoms with Gasteiger partial charge in [0.25, 0.3) is 22.9 Å². The molecule has 9 heteroatoms. The van der Waals surface area contributed by atoms with Crippen LogP contribution in [0.1, 0.15) is 0 Å². The molecule has 0 radical (unpaired) electrons. The zero-order valence-electron chi connectivity index (χ0n) is 8.53. The Morgan fingerprint density at radius 3 is 2.53 bits per heavy atom. The molecule has 0 aliphatic rings. The van der Waals surface area contributed by atoms with Crippen LogP contribution in [0.4, 0.5) is 0 Å². The Labute approximate surface area is 99.5 Å². The van der Waals surface area contributed by atoms with Crippen LogP contribution in [0, 0.1) is 0 Å². The van der Waals surface area contributed by atoms with E-state index in [0.717, 1.165) is 16.8 Å². The van der Waals surface area contributed by atoms with Crippen LogP contribution in [0.15, 0.2) is 21.7 Å². The summed E-state index contributed by atoms with van der Waals surface area (Å²) >= 11 is 5.18. The zero-order valence-corrected chi connectivity index (χ0v) is 9.28. The number of hydrazine groups is 1. The summed E-state index contributed by atoms with van der Waals surface area (Å²) < 4.78 is 0.810. The molecule has 0 atom stereocenters. The lowest BCUT2D eigenvalue weighted by Gasteiger charge is -2.06. The van der Waals surface area contributed by atoms with Crippen molar-refractivity contribution in [1.82, 2.24) is 20.6 Å². The molecule has 0 aliphatic carbocycles. The zero-order chi connectivity index (χ0) is 12.8. The molecule has 1 aromatic heterocycles. The van der Waals surface area contributed by atoms with Crippen LogP contribution in [0.5, 0.6) is 0 Å². The average Bonchev–Trinajstić information content (AvgIpc) is 2.30. The standard InChI is InChI=1S/C8H9ClN4O4/c9-3-6(15)10-11-7(16)4-13-8(17)2-1-5(14)12-13/h1-2H,3-4H2,(H,10,15)(H,11,16)(H,12,14). The number of H-pyrrole nitrogens is 1. The van der Waals surface area contributed by atoms with Gasteiger partial charge in [-0.2, -0.15) is 0 Å². The van der Waals surface area contributed by atoms with Gasteiger partial charge in [-0.15, -0.1) is 11.6 Å². The first-order valence-corrected chi connectivity index (χ1v) is 5.00. The van der Waals surface area contributed by atoms with Crippen molar-refractivity contribution in [2.45, 2.75) is 6.54 Å². The van der Waals surface area contributed by atoms with Crippen molar-refractivity contribution in [3.8, 4) is 0 Å². The third kappa shape index (κ3) is 4.11. The Hall–Kier alpha value is -2.09. The minimum Gasteiger partial charge on any atom is -0.272 e. The highest BCUT2D eigenvalue weighted by atomic mass is 35.5. The highest BCUT2D eigenvalue weighted by molar-refractivity contribution is 6.27. The fourth-order valence-corrected chi connectivity index (χ4v) is 1.00. The van der Waals surface area contributed by atoms with E-state index in [1.54, 1.807) is 0 Å². The number of nitrogens with zero attached hydrogens (tertiary/aromatic N) is 1. The number of carbonyl (C=O) groups is 2. The van der Waals surface area contributed by atoms with Gasteiger partial charge >= 0.3 is 0 Å². The molecule has 1 rings (SSSR count). The highest BCUT2D eigenvalue weighted by Gasteiger charge is 2.06. The first-order chi connectivity index (χ1) is 8.02. The summed E-state index contributed by atoms with van der Waals surface area (Å²) in [5.74, 6) is -1.57. The van der Waals surface area contributed by atoms with Gasteiger partial charge in [0.15, 0.2) is 0 Å². The first-order valence-electron chi connectivity index (χ1n) is 4.46. The fourth-order valence-electron chi connectivity index (χ4n) is 0.936. The van der Waals surface area contributed by atoms with E-state index in [-0.39, 0.29) is 5.88 Å². The lowest BCUT2D eigenvalue weighted by Crippen LogP contribution is -2.45. The predicted octanol–water partition coefficient (Wildman–Crippen LogP) is -2.08. The van der Waals surface area contributed by atoms with Gasteiger partial charge in [0.05, 0.1) is 0 Å². The second kappa shape index (κ2) is 5.85. The lowest BCUT2D eigenvalue weighted by atomic mass is 10.5. The van der Waals surface area contributed by atoms with Gasteiger partial charge in [-0.1, -0.05) is 0 Å². The molecular weight excluding hydrogens is 252 g/mol. The molecule has 92 valence electrons. The van der Waals surface area contributed by atoms with Gasteiger partial charge in [0.1, 0.15) is 12.4 Å². The number of aromatic nitrogens is 2. The second-order valence-electron chi connectivity index (χ2n) is 2.96. The van der Waals surface area contributed by atoms with Crippen molar-refractivity contribution in [1.29, 1.82) is 0 Å². The van der Waals surface area contributed by atoms with Crippen LogP contribution in [0.25, 0.3) is 0 Å². The summed E-state index contributed by atoms with van der Waals surface area (Å²) in [5, 5.41) is 2.16. The SMILES string of the molecule is O=C(CCl)NNC(=O)Cn1[nH]c(=O)ccc1=O. The maximum atomic E-state index is 11.2. The number of carbonyl (C=O) groups excluding carboxylic acids is 2. The van der Waals surface area contributed by atoms with Gasteiger partial charge < -0.3 is 0 Å². The molecule has 3 N–H and O–H groups in total. The maximum Gasteiger partial charge on any atom is 0.265 e. The van der Waals surface area contributed by atoms with Crippen LogP contribution in [-0.2, 0) is 16.1 Å². The summed E-state index contributed by atoms with van der Waals surface area (Å²) in [6, 6.07) is 2.08. The summed E-state index contributed by atoms with van der Waals surface area (Å²) in [6.45, 7) is -0.419. The topological polar surface area (TPSA) is 113 Å². The average molecular weight is 261 g/mol. The van der Waals surface area contributed by atoms with Gasteiger partial charge in [-0.25, -0.2) is 4.68 Å². The van der Waals surface area contributed by atoms with Gasteiger partial charge in [0, 0.05) is 12.1 Å². The number of nitrogens with one attached hydrogen (secondary N) is 3. The van der Waals surface area contributed by atoms with Crippen molar-refractivity contribution in [3.63, 3.8) is 0 Å². The van der Waals surface area contributed by atoms with Crippen molar-refractivity contribution < 1.29 is 9.59 Å². The lowest BCUT2D eigenvalue weighted by molar-refractivity contribution is -0.128. The Morgan fingerprint density at radius 1 is 1.24 bits per heavy atom. The maximum absolute atomic E-state index is 11.2. The van der Waals surface area contributed by atoms with E-state index in [2.05, 4.69) is 5.10 Å². The molecule has 0 fully saturated rings. The van der Waals surface area contributed by atoms with Crippen LogP contribution in [0.3, 0.4) is 0 Å². The van der Waals surface area contributed by atoms with E-state index in [0.29, 0.717) is 0 Å². The molecule has 1 heterocycles. The van der Waals surface area contributed by atoms with E-state index in [1.807, 2.05) is 10.9 Å². The molecule has 0 aromatic carbocycles. The van der Waals surface area contributed by atoms with Crippen molar-refractivity contribution in [3.05, 3.63) is 32.8 Å². The number of amides is 2. The molecule has 17 heavy (non-hydrogen) atoms. The van der Waals surface area contributed by atoms with Crippen LogP contribution in [0.2, 0.25) is 0 Å². The molecular formula is C8H9ClN4O4. The largest absolute Gasteiger partial charge is 0.272 e. The number of halogens is 1. The Morgan fingerprint density at radius 2 is 1.88 bits per heavy atom. The predicted molar refractivity (Wildman–Crippen MR) is 58.3 cm³/mol. The highest BCUT2D eigenvalue weighted by Crippen LogP contribution is 1.75. The quantitative estimate of drug-likeness (QED) is 0.428. The van der Waals surface area contributed by atoms with Gasteiger partial charge in [0.2, 0.25) is 0 Å². The number of aromatic amines is 1. The molecule has 0 bridgehead atoms. The summed E-state index contributed by atoms with van der Waals surface area (Å²) in [4.78, 5) is 44.1. The molecule has 0 aliphatic heterocycles. The first kappa shape index (κ1) is 13.0. The Balaban J connectivity index is 2.62. The number of rotatable bonds is 3. The van der Waals surface area contributed by atoms with E-state index in [1.165, 1.54) is 0 Å². The minimum absolute atomic E-state index is 0.303. The molecule has 1 aromatic rings. The third-order valence-corrected chi connectivity index (χ3v) is 1.90. The number of hydrogen-bond acceptors (Lipinski definition) is 4. The Bertz CT molecular complexity index is 535. The monoisotopic (exact) mass is 260 g/mol. The number of alkyl halides is 1. The summed E-state index contributed by atoms with van der Waals surface area (Å²) in [7, 11) is 0. The second-order valence-corrected chi connectivity index (χ2v) is 3.23. The summed E-state index contributed by atoms with van der Waals surface area (Å²) in [5.41, 5.74) is 2.98. The van der Waals surface area contributed by atoms with Crippen LogP contribution < -0.4 is 22.0 Å². The minimum atomic E-state index is -0.674. The summed E-state index contributed by atoms with van der Waals surface area (Å²) in [6.07, 6.45) is 0. The van der Waals surface area contributed by atoms with Gasteiger partial charge in [-0.3, -0.25) is 35.1 Å². The van der Waals surface area contributed by atoms with E-state index in [9.17, 15) is 19.2 Å². The van der Waals surface area contributed by atoms with E-state index < -0.39 is 29.5 Å². The normalized spacial score (nSPS) is 9.71. The molecule has 8 nitrogen and oxygen atoms in total. The molecule has 0 spiro atoms. The number of hydrogen-bond donors (Lipinski definition) is 3.